The van der Waals surface area contributed by atoms with Crippen LogP contribution < -0.4 is 10.4 Å². The summed E-state index contributed by atoms with van der Waals surface area (Å²) in [6, 6.07) is 4.28. The number of para-hydroxylation sites is 1. The fourth-order valence-electron chi connectivity index (χ4n) is 1.89. The summed E-state index contributed by atoms with van der Waals surface area (Å²) in [5.41, 5.74) is -1.10. The van der Waals surface area contributed by atoms with Crippen molar-refractivity contribution in [3.05, 3.63) is 52.1 Å². The molecule has 23 heavy (non-hydrogen) atoms. The Morgan fingerprint density at radius 1 is 1.26 bits per heavy atom. The third kappa shape index (κ3) is 2.65. The number of nitrogens with one attached hydrogen (secondary N) is 2. The van der Waals surface area contributed by atoms with Gasteiger partial charge in [-0.1, -0.05) is 6.07 Å². The van der Waals surface area contributed by atoms with Crippen LogP contribution in [0.3, 0.4) is 0 Å². The highest BCUT2D eigenvalue weighted by atomic mass is 32.2. The van der Waals surface area contributed by atoms with Crippen LogP contribution in [0.5, 0.6) is 0 Å². The lowest BCUT2D eigenvalue weighted by atomic mass is 10.3. The first kappa shape index (κ1) is 15.1. The predicted octanol–water partition coefficient (Wildman–Crippen LogP) is 0.805. The number of H-pyrrole nitrogens is 1. The quantitative estimate of drug-likeness (QED) is 0.732. The molecule has 0 aliphatic heterocycles. The summed E-state index contributed by atoms with van der Waals surface area (Å²) in [5, 5.41) is 2.77. The maximum atomic E-state index is 13.6. The highest BCUT2D eigenvalue weighted by Crippen LogP contribution is 2.21. The van der Waals surface area contributed by atoms with Crippen molar-refractivity contribution < 1.29 is 17.2 Å². The summed E-state index contributed by atoms with van der Waals surface area (Å²) >= 11 is 0. The molecule has 1 aromatic carbocycles. The van der Waals surface area contributed by atoms with E-state index < -0.39 is 38.2 Å². The molecule has 0 aliphatic carbocycles. The van der Waals surface area contributed by atoms with Crippen LogP contribution in [0, 0.1) is 18.6 Å². The molecule has 8 nitrogen and oxygen atoms in total. The van der Waals surface area contributed by atoms with Crippen LogP contribution >= 0.6 is 0 Å². The third-order valence-electron chi connectivity index (χ3n) is 2.89. The van der Waals surface area contributed by atoms with Gasteiger partial charge in [0.15, 0.2) is 5.65 Å². The van der Waals surface area contributed by atoms with Crippen LogP contribution in [-0.4, -0.2) is 28.0 Å². The molecule has 3 aromatic rings. The van der Waals surface area contributed by atoms with Crippen molar-refractivity contribution in [1.82, 2.24) is 19.6 Å². The highest BCUT2D eigenvalue weighted by Gasteiger charge is 2.24. The van der Waals surface area contributed by atoms with Gasteiger partial charge in [0.25, 0.3) is 15.2 Å². The largest absolute Gasteiger partial charge is 0.348 e. The van der Waals surface area contributed by atoms with E-state index >= 15 is 0 Å². The molecular weight excluding hydrogens is 332 g/mol. The molecule has 0 atom stereocenters. The van der Waals surface area contributed by atoms with Crippen molar-refractivity contribution in [2.75, 3.05) is 4.72 Å². The second kappa shape index (κ2) is 5.12. The number of hydrogen-bond donors (Lipinski definition) is 2. The van der Waals surface area contributed by atoms with E-state index in [0.717, 1.165) is 22.7 Å². The molecule has 0 spiro atoms. The highest BCUT2D eigenvalue weighted by molar-refractivity contribution is 7.92. The van der Waals surface area contributed by atoms with Gasteiger partial charge >= 0.3 is 5.69 Å². The van der Waals surface area contributed by atoms with Gasteiger partial charge in [-0.15, -0.1) is 5.10 Å². The summed E-state index contributed by atoms with van der Waals surface area (Å²) in [6.07, 6.45) is 0. The lowest BCUT2D eigenvalue weighted by Crippen LogP contribution is -2.20. The van der Waals surface area contributed by atoms with Gasteiger partial charge in [0.05, 0.1) is 0 Å². The number of sulfonamides is 1. The molecular formula is C12H9F2N5O3S. The lowest BCUT2D eigenvalue weighted by Gasteiger charge is -2.06. The van der Waals surface area contributed by atoms with Crippen LogP contribution in [0.25, 0.3) is 5.65 Å². The smallest absolute Gasteiger partial charge is 0.310 e. The Hall–Kier alpha value is -2.82. The van der Waals surface area contributed by atoms with Gasteiger partial charge in [-0.25, -0.2) is 13.6 Å². The van der Waals surface area contributed by atoms with E-state index in [0.29, 0.717) is 5.69 Å². The zero-order valence-corrected chi connectivity index (χ0v) is 12.4. The Morgan fingerprint density at radius 2 is 1.91 bits per heavy atom. The molecule has 11 heteroatoms. The average molecular weight is 341 g/mol. The Labute approximate surface area is 127 Å². The van der Waals surface area contributed by atoms with Gasteiger partial charge < -0.3 is 4.98 Å². The Morgan fingerprint density at radius 3 is 2.57 bits per heavy atom. The zero-order valence-electron chi connectivity index (χ0n) is 11.5. The molecule has 2 heterocycles. The molecule has 2 aromatic heterocycles. The number of hydrogen-bond acceptors (Lipinski definition) is 5. The number of halogens is 2. The maximum absolute atomic E-state index is 13.6. The molecule has 120 valence electrons. The number of benzene rings is 1. The number of rotatable bonds is 3. The molecule has 0 unspecified atom stereocenters. The standard InChI is InChI=1S/C12H9F2N5O3S/c1-6-5-9-16-11(17-19(9)12(20)15-6)23(21,22)18-10-7(13)3-2-4-8(10)14/h2-5,18H,1H3,(H,15,20). The van der Waals surface area contributed by atoms with Gasteiger partial charge in [-0.3, -0.25) is 4.72 Å². The Bertz CT molecular complexity index is 1050. The van der Waals surface area contributed by atoms with Crippen molar-refractivity contribution in [1.29, 1.82) is 0 Å². The second-order valence-electron chi connectivity index (χ2n) is 4.62. The number of aromatic amines is 1. The molecule has 0 radical (unpaired) electrons. The van der Waals surface area contributed by atoms with Crippen molar-refractivity contribution in [2.45, 2.75) is 12.1 Å². The van der Waals surface area contributed by atoms with Crippen LogP contribution in [0.15, 0.2) is 34.2 Å². The van der Waals surface area contributed by atoms with Crippen LogP contribution in [0.2, 0.25) is 0 Å². The first-order chi connectivity index (χ1) is 10.8. The van der Waals surface area contributed by atoms with Crippen molar-refractivity contribution in [3.63, 3.8) is 0 Å². The topological polar surface area (TPSA) is 109 Å². The van der Waals surface area contributed by atoms with E-state index in [4.69, 9.17) is 0 Å². The molecule has 0 saturated carbocycles. The van der Waals surface area contributed by atoms with Crippen LogP contribution in [0.1, 0.15) is 5.69 Å². The monoisotopic (exact) mass is 341 g/mol. The molecule has 2 N–H and O–H groups in total. The average Bonchev–Trinajstić information content (AvgIpc) is 2.88. The van der Waals surface area contributed by atoms with Gasteiger partial charge in [0, 0.05) is 11.8 Å². The fraction of sp³-hybridized carbons (Fsp3) is 0.0833. The third-order valence-corrected chi connectivity index (χ3v) is 4.02. The molecule has 0 aliphatic rings. The summed E-state index contributed by atoms with van der Waals surface area (Å²) in [4.78, 5) is 17.8. The van der Waals surface area contributed by atoms with E-state index in [1.165, 1.54) is 6.07 Å². The van der Waals surface area contributed by atoms with Crippen molar-refractivity contribution in [2.24, 2.45) is 0 Å². The molecule has 3 rings (SSSR count). The fourth-order valence-corrected chi connectivity index (χ4v) is 2.85. The number of fused-ring (bicyclic) bond motifs is 1. The maximum Gasteiger partial charge on any atom is 0.348 e. The molecule has 0 fully saturated rings. The van der Waals surface area contributed by atoms with E-state index in [9.17, 15) is 22.0 Å². The number of anilines is 1. The van der Waals surface area contributed by atoms with E-state index in [-0.39, 0.29) is 5.65 Å². The SMILES string of the molecule is Cc1cc2nc(S(=O)(=O)Nc3c(F)cccc3F)nn2c(=O)[nH]1. The Balaban J connectivity index is 2.10. The summed E-state index contributed by atoms with van der Waals surface area (Å²) in [7, 11) is -4.48. The Kier molecular flexibility index (Phi) is 3.36. The first-order valence-corrected chi connectivity index (χ1v) is 7.70. The first-order valence-electron chi connectivity index (χ1n) is 6.21. The molecule has 0 bridgehead atoms. The number of aromatic nitrogens is 4. The van der Waals surface area contributed by atoms with Gasteiger partial charge in [-0.2, -0.15) is 17.9 Å². The van der Waals surface area contributed by atoms with E-state index in [1.807, 2.05) is 0 Å². The van der Waals surface area contributed by atoms with Crippen molar-refractivity contribution in [3.8, 4) is 0 Å². The number of nitrogens with zero attached hydrogens (tertiary/aromatic N) is 3. The molecule has 0 saturated heterocycles. The zero-order chi connectivity index (χ0) is 16.8. The second-order valence-corrected chi connectivity index (χ2v) is 6.20. The van der Waals surface area contributed by atoms with E-state index in [1.54, 1.807) is 11.6 Å². The van der Waals surface area contributed by atoms with Gasteiger partial charge in [-0.05, 0) is 19.1 Å². The summed E-state index contributed by atoms with van der Waals surface area (Å²) in [5.74, 6) is -2.18. The van der Waals surface area contributed by atoms with Crippen molar-refractivity contribution >= 4 is 21.4 Å². The van der Waals surface area contributed by atoms with Crippen LogP contribution in [-0.2, 0) is 10.0 Å². The minimum absolute atomic E-state index is 0.0133. The lowest BCUT2D eigenvalue weighted by molar-refractivity contribution is 0.578. The van der Waals surface area contributed by atoms with E-state index in [2.05, 4.69) is 15.1 Å². The van der Waals surface area contributed by atoms with Gasteiger partial charge in [0.2, 0.25) is 0 Å². The van der Waals surface area contributed by atoms with Gasteiger partial charge in [0.1, 0.15) is 17.3 Å². The normalized spacial score (nSPS) is 11.8. The summed E-state index contributed by atoms with van der Waals surface area (Å²) < 4.78 is 53.9. The number of aryl methyl sites for hydroxylation is 1. The molecule has 0 amide bonds. The summed E-state index contributed by atoms with van der Waals surface area (Å²) in [6.45, 7) is 1.58. The van der Waals surface area contributed by atoms with Crippen LogP contribution in [0.4, 0.5) is 14.5 Å². The minimum Gasteiger partial charge on any atom is -0.310 e. The minimum atomic E-state index is -4.48. The predicted molar refractivity (Wildman–Crippen MR) is 75.5 cm³/mol.